The molecule has 88 valence electrons. The van der Waals surface area contributed by atoms with Crippen LogP contribution in [0.1, 0.15) is 38.2 Å². The van der Waals surface area contributed by atoms with Crippen molar-refractivity contribution < 1.29 is 0 Å². The van der Waals surface area contributed by atoms with Gasteiger partial charge in [0.05, 0.1) is 0 Å². The van der Waals surface area contributed by atoms with Crippen molar-refractivity contribution in [3.63, 3.8) is 0 Å². The van der Waals surface area contributed by atoms with Crippen molar-refractivity contribution in [2.75, 3.05) is 0 Å². The average Bonchev–Trinajstić information content (AvgIpc) is 2.39. The average molecular weight is 242 g/mol. The largest absolute Gasteiger partial charge is 0.125 e. The predicted molar refractivity (Wildman–Crippen MR) is 76.7 cm³/mol. The minimum Gasteiger partial charge on any atom is -0.125 e. The molecule has 1 aromatic rings. The highest BCUT2D eigenvalue weighted by Crippen LogP contribution is 2.34. The molecule has 0 bridgehead atoms. The molecule has 0 saturated heterocycles. The molecule has 0 N–H and O–H groups in total. The molecule has 0 saturated carbocycles. The maximum absolute atomic E-state index is 3.28. The molecule has 0 aromatic heterocycles. The molecule has 0 aliphatic heterocycles. The first-order chi connectivity index (χ1) is 8.40. The first-order valence-corrected chi connectivity index (χ1v) is 7.20. The SMILES string of the molecule is CC#CC1=C(SCc2ccccc2)CCCC1. The van der Waals surface area contributed by atoms with Crippen LogP contribution in [0.2, 0.25) is 0 Å². The summed E-state index contributed by atoms with van der Waals surface area (Å²) in [4.78, 5) is 1.52. The Hall–Kier alpha value is -1.13. The lowest BCUT2D eigenvalue weighted by molar-refractivity contribution is 0.708. The Kier molecular flexibility index (Phi) is 4.76. The second kappa shape index (κ2) is 6.57. The highest BCUT2D eigenvalue weighted by molar-refractivity contribution is 8.02. The van der Waals surface area contributed by atoms with Crippen LogP contribution in [0.3, 0.4) is 0 Å². The van der Waals surface area contributed by atoms with Crippen LogP contribution in [-0.2, 0) is 5.75 Å². The molecule has 0 amide bonds. The highest BCUT2D eigenvalue weighted by Gasteiger charge is 2.11. The van der Waals surface area contributed by atoms with Gasteiger partial charge in [0.25, 0.3) is 0 Å². The van der Waals surface area contributed by atoms with Crippen LogP contribution in [0.15, 0.2) is 40.8 Å². The number of thioether (sulfide) groups is 1. The second-order valence-corrected chi connectivity index (χ2v) is 5.33. The summed E-state index contributed by atoms with van der Waals surface area (Å²) in [5.41, 5.74) is 2.79. The Bertz CT molecular complexity index is 445. The first-order valence-electron chi connectivity index (χ1n) is 6.21. The van der Waals surface area contributed by atoms with E-state index in [0.29, 0.717) is 0 Å². The van der Waals surface area contributed by atoms with E-state index in [4.69, 9.17) is 0 Å². The van der Waals surface area contributed by atoms with Gasteiger partial charge in [-0.15, -0.1) is 17.7 Å². The van der Waals surface area contributed by atoms with Gasteiger partial charge in [-0.3, -0.25) is 0 Å². The summed E-state index contributed by atoms with van der Waals surface area (Å²) in [5, 5.41) is 0. The number of hydrogen-bond acceptors (Lipinski definition) is 1. The van der Waals surface area contributed by atoms with Gasteiger partial charge in [-0.05, 0) is 43.1 Å². The van der Waals surface area contributed by atoms with Crippen molar-refractivity contribution in [2.24, 2.45) is 0 Å². The molecular weight excluding hydrogens is 224 g/mol. The van der Waals surface area contributed by atoms with E-state index < -0.39 is 0 Å². The maximum atomic E-state index is 3.28. The maximum Gasteiger partial charge on any atom is 0.0229 e. The van der Waals surface area contributed by atoms with Gasteiger partial charge >= 0.3 is 0 Å². The summed E-state index contributed by atoms with van der Waals surface area (Å²) in [7, 11) is 0. The van der Waals surface area contributed by atoms with Crippen molar-refractivity contribution >= 4 is 11.8 Å². The summed E-state index contributed by atoms with van der Waals surface area (Å²) < 4.78 is 0. The van der Waals surface area contributed by atoms with Gasteiger partial charge in [0, 0.05) is 11.3 Å². The third kappa shape index (κ3) is 3.68. The zero-order valence-corrected chi connectivity index (χ0v) is 11.1. The van der Waals surface area contributed by atoms with Gasteiger partial charge in [0.15, 0.2) is 0 Å². The molecule has 1 aliphatic carbocycles. The van der Waals surface area contributed by atoms with E-state index in [-0.39, 0.29) is 0 Å². The van der Waals surface area contributed by atoms with E-state index in [2.05, 4.69) is 42.2 Å². The Morgan fingerprint density at radius 3 is 2.65 bits per heavy atom. The van der Waals surface area contributed by atoms with E-state index >= 15 is 0 Å². The van der Waals surface area contributed by atoms with Crippen molar-refractivity contribution in [2.45, 2.75) is 38.4 Å². The predicted octanol–water partition coefficient (Wildman–Crippen LogP) is 4.77. The van der Waals surface area contributed by atoms with E-state index in [1.54, 1.807) is 0 Å². The molecule has 0 radical (unpaired) electrons. The molecular formula is C16H18S. The highest BCUT2D eigenvalue weighted by atomic mass is 32.2. The van der Waals surface area contributed by atoms with Crippen LogP contribution >= 0.6 is 11.8 Å². The first kappa shape index (κ1) is 12.3. The van der Waals surface area contributed by atoms with Crippen LogP contribution in [0.5, 0.6) is 0 Å². The summed E-state index contributed by atoms with van der Waals surface area (Å²) in [5.74, 6) is 7.40. The van der Waals surface area contributed by atoms with Gasteiger partial charge in [-0.2, -0.15) is 0 Å². The number of benzene rings is 1. The van der Waals surface area contributed by atoms with Gasteiger partial charge < -0.3 is 0 Å². The lowest BCUT2D eigenvalue weighted by Gasteiger charge is -2.16. The van der Waals surface area contributed by atoms with Crippen LogP contribution in [0, 0.1) is 11.8 Å². The van der Waals surface area contributed by atoms with E-state index in [1.807, 2.05) is 18.7 Å². The Morgan fingerprint density at radius 1 is 1.12 bits per heavy atom. The van der Waals surface area contributed by atoms with Crippen molar-refractivity contribution in [1.29, 1.82) is 0 Å². The van der Waals surface area contributed by atoms with Gasteiger partial charge in [0.1, 0.15) is 0 Å². The third-order valence-corrected chi connectivity index (χ3v) is 4.23. The smallest absolute Gasteiger partial charge is 0.0229 e. The Balaban J connectivity index is 2.03. The normalized spacial score (nSPS) is 15.4. The molecule has 0 atom stereocenters. The number of rotatable bonds is 3. The fourth-order valence-corrected chi connectivity index (χ4v) is 3.21. The fraction of sp³-hybridized carbons (Fsp3) is 0.375. The van der Waals surface area contributed by atoms with Gasteiger partial charge in [-0.25, -0.2) is 0 Å². The summed E-state index contributed by atoms with van der Waals surface area (Å²) in [6.07, 6.45) is 5.03. The zero-order chi connectivity index (χ0) is 11.9. The number of hydrogen-bond donors (Lipinski definition) is 0. The van der Waals surface area contributed by atoms with E-state index in [9.17, 15) is 0 Å². The molecule has 0 unspecified atom stereocenters. The van der Waals surface area contributed by atoms with E-state index in [1.165, 1.54) is 41.7 Å². The minimum atomic E-state index is 1.07. The summed E-state index contributed by atoms with van der Waals surface area (Å²) >= 11 is 1.98. The van der Waals surface area contributed by atoms with Crippen molar-refractivity contribution in [1.82, 2.24) is 0 Å². The molecule has 1 aliphatic rings. The monoisotopic (exact) mass is 242 g/mol. The summed E-state index contributed by atoms with van der Waals surface area (Å²) in [6.45, 7) is 1.93. The van der Waals surface area contributed by atoms with Crippen LogP contribution in [-0.4, -0.2) is 0 Å². The molecule has 0 nitrogen and oxygen atoms in total. The molecule has 2 rings (SSSR count). The molecule has 1 aromatic carbocycles. The van der Waals surface area contributed by atoms with Crippen LogP contribution in [0.4, 0.5) is 0 Å². The van der Waals surface area contributed by atoms with Crippen LogP contribution in [0.25, 0.3) is 0 Å². The quantitative estimate of drug-likeness (QED) is 0.688. The lowest BCUT2D eigenvalue weighted by Crippen LogP contribution is -1.96. The standard InChI is InChI=1S/C16H18S/c1-2-8-15-11-6-7-12-16(15)17-13-14-9-4-3-5-10-14/h3-5,9-10H,6-7,11-13H2,1H3. The van der Waals surface area contributed by atoms with Crippen molar-refractivity contribution in [3.8, 4) is 11.8 Å². The second-order valence-electron chi connectivity index (χ2n) is 4.26. The molecule has 0 heterocycles. The lowest BCUT2D eigenvalue weighted by atomic mass is 10.00. The van der Waals surface area contributed by atoms with Gasteiger partial charge in [0.2, 0.25) is 0 Å². The molecule has 17 heavy (non-hydrogen) atoms. The van der Waals surface area contributed by atoms with Crippen LogP contribution < -0.4 is 0 Å². The Morgan fingerprint density at radius 2 is 1.88 bits per heavy atom. The zero-order valence-electron chi connectivity index (χ0n) is 10.3. The topological polar surface area (TPSA) is 0 Å². The number of allylic oxidation sites excluding steroid dienone is 2. The fourth-order valence-electron chi connectivity index (χ4n) is 2.06. The third-order valence-electron chi connectivity index (χ3n) is 2.95. The summed E-state index contributed by atoms with van der Waals surface area (Å²) in [6, 6.07) is 10.7. The van der Waals surface area contributed by atoms with E-state index in [0.717, 1.165) is 5.75 Å². The molecule has 1 heteroatoms. The molecule has 0 spiro atoms. The molecule has 0 fully saturated rings. The van der Waals surface area contributed by atoms with Crippen molar-refractivity contribution in [3.05, 3.63) is 46.4 Å². The minimum absolute atomic E-state index is 1.07. The van der Waals surface area contributed by atoms with Gasteiger partial charge in [-0.1, -0.05) is 36.3 Å². The Labute approximate surface area is 109 Å².